The van der Waals surface area contributed by atoms with E-state index in [4.69, 9.17) is 28.0 Å². The number of unbranched alkanes of at least 4 members (excludes halogenated alkanes) is 1. The van der Waals surface area contributed by atoms with E-state index in [0.29, 0.717) is 41.8 Å². The third kappa shape index (κ3) is 22.9. The summed E-state index contributed by atoms with van der Waals surface area (Å²) in [5.41, 5.74) is 27.6. The second-order valence-electron chi connectivity index (χ2n) is 27.8. The van der Waals surface area contributed by atoms with E-state index in [-0.39, 0.29) is 63.4 Å². The number of rotatable bonds is 10. The summed E-state index contributed by atoms with van der Waals surface area (Å²) in [4.78, 5) is 61.9. The van der Waals surface area contributed by atoms with Crippen molar-refractivity contribution in [3.05, 3.63) is 214 Å². The van der Waals surface area contributed by atoms with Crippen molar-refractivity contribution in [2.24, 2.45) is 27.4 Å². The standard InChI is InChI=1S/C23H31N3O2.C18H18BrN3.C11H13NO.C9H11Br.C8H12O2.C7H5BrN2/c1-23(2)14-20-19(8-6-11-25-20)21(15-23)26-17-9-10-18(22(24)27)16(13-17)7-4-5-12-28-3;1-18(2)9-16-14(4-3-7-21-16)17(10-18)22-13-6-5-12(11-20)15(19)8-13;1-11(2)6-9-8(10(13)7-11)4-3-5-12-9;1-6-4-7(2)9(10)8(3)5-6;1-8(2)4-6(9)3-7(10)5-8;1-10-7-3-2-5(9)4-6(7)8/h6,8-11,13,21,26H,4-5,7,12,14-15H2,1-3H3,(H2,24,27);3-8,17,22H,9-10H2,1-2H3;3-5H,6-7H2,1-2H3;4-5H,1-3H3;3-5H2,1-2H3;2-4H,9H2. The number of aromatic nitrogens is 3. The van der Waals surface area contributed by atoms with Crippen molar-refractivity contribution in [3.63, 3.8) is 0 Å². The van der Waals surface area contributed by atoms with Crippen LogP contribution in [0.2, 0.25) is 0 Å². The number of nitrogen functional groups attached to an aromatic ring is 1. The lowest BCUT2D eigenvalue weighted by Gasteiger charge is -2.37. The number of benzene rings is 4. The van der Waals surface area contributed by atoms with Crippen LogP contribution >= 0.6 is 47.8 Å². The summed E-state index contributed by atoms with van der Waals surface area (Å²) in [6.45, 7) is 31.1. The van der Waals surface area contributed by atoms with Gasteiger partial charge in [0.25, 0.3) is 0 Å². The fourth-order valence-corrected chi connectivity index (χ4v) is 13.6. The molecule has 2 unspecified atom stereocenters. The van der Waals surface area contributed by atoms with Crippen molar-refractivity contribution in [1.29, 1.82) is 5.26 Å². The molecule has 7 aromatic rings. The molecule has 14 nitrogen and oxygen atoms in total. The van der Waals surface area contributed by atoms with Crippen LogP contribution in [0.25, 0.3) is 4.85 Å². The van der Waals surface area contributed by atoms with E-state index in [1.807, 2.05) is 80.8 Å². The zero-order valence-electron chi connectivity index (χ0n) is 56.0. The summed E-state index contributed by atoms with van der Waals surface area (Å²) in [6.07, 6.45) is 15.2. The molecule has 0 saturated heterocycles. The number of aryl methyl sites for hydroxylation is 4. The van der Waals surface area contributed by atoms with Crippen LogP contribution in [-0.2, 0) is 40.0 Å². The minimum atomic E-state index is -0.373. The minimum absolute atomic E-state index is 0.0770. The van der Waals surface area contributed by atoms with Crippen LogP contribution < -0.4 is 22.1 Å². The molecule has 490 valence electrons. The summed E-state index contributed by atoms with van der Waals surface area (Å²) in [6, 6.07) is 35.7. The lowest BCUT2D eigenvalue weighted by atomic mass is 9.74. The van der Waals surface area contributed by atoms with Gasteiger partial charge < -0.3 is 26.8 Å². The van der Waals surface area contributed by atoms with Gasteiger partial charge in [-0.05, 0) is 210 Å². The Hall–Kier alpha value is -7.41. The SMILES string of the molecule is CC1(C)CC(=O)CC(=O)C1.CC1(C)CC(=O)c2cccnc2C1.CC1(C)Cc2ncccc2C(Nc2ccc(C#N)c(Br)c2)C1.COCCCCc1cc(NC2CC(C)(C)Cc3ncccc32)ccc1C(N)=O.Cc1cc(C)c(Br)c(C)c1.[C-]#[N+]c1ccc(N)cc1Br. The molecule has 1 fully saturated rings. The van der Waals surface area contributed by atoms with Gasteiger partial charge in [0.2, 0.25) is 11.6 Å². The topological polar surface area (TPSA) is 220 Å². The molecule has 3 aromatic heterocycles. The van der Waals surface area contributed by atoms with E-state index in [2.05, 4.69) is 177 Å². The van der Waals surface area contributed by atoms with Crippen LogP contribution in [-0.4, -0.2) is 51.9 Å². The van der Waals surface area contributed by atoms with Crippen molar-refractivity contribution < 1.29 is 23.9 Å². The molecule has 4 aliphatic rings. The monoisotopic (exact) mass is 1450 g/mol. The average molecular weight is 1450 g/mol. The third-order valence-corrected chi connectivity index (χ3v) is 19.0. The number of ether oxygens (including phenoxy) is 1. The first kappa shape index (κ1) is 74.6. The van der Waals surface area contributed by atoms with Gasteiger partial charge in [-0.2, -0.15) is 5.26 Å². The molecule has 4 aliphatic carbocycles. The summed E-state index contributed by atoms with van der Waals surface area (Å²) in [5.74, 6) is 0.0588. The number of nitriles is 1. The smallest absolute Gasteiger partial charge is 0.248 e. The normalized spacial score (nSPS) is 17.3. The predicted octanol–water partition coefficient (Wildman–Crippen LogP) is 18.6. The van der Waals surface area contributed by atoms with E-state index in [9.17, 15) is 19.2 Å². The molecule has 4 aromatic carbocycles. The molecule has 0 radical (unpaired) electrons. The lowest BCUT2D eigenvalue weighted by molar-refractivity contribution is -0.133. The number of halogens is 3. The molecule has 1 amide bonds. The Morgan fingerprint density at radius 1 is 0.656 bits per heavy atom. The summed E-state index contributed by atoms with van der Waals surface area (Å²) >= 11 is 10.2. The molecule has 93 heavy (non-hydrogen) atoms. The Morgan fingerprint density at radius 3 is 1.68 bits per heavy atom. The summed E-state index contributed by atoms with van der Waals surface area (Å²) in [5, 5.41) is 16.3. The highest BCUT2D eigenvalue weighted by Crippen LogP contribution is 2.44. The van der Waals surface area contributed by atoms with Crippen LogP contribution in [0.3, 0.4) is 0 Å². The molecule has 0 bridgehead atoms. The number of nitrogens with two attached hydrogens (primary N) is 2. The number of nitrogens with one attached hydrogen (secondary N) is 2. The second kappa shape index (κ2) is 33.6. The first-order chi connectivity index (χ1) is 43.8. The van der Waals surface area contributed by atoms with Crippen molar-refractivity contribution in [2.45, 2.75) is 165 Å². The van der Waals surface area contributed by atoms with Gasteiger partial charge in [0.15, 0.2) is 5.78 Å². The van der Waals surface area contributed by atoms with Gasteiger partial charge in [0.1, 0.15) is 17.6 Å². The van der Waals surface area contributed by atoms with Crippen LogP contribution in [0.15, 0.2) is 135 Å². The van der Waals surface area contributed by atoms with Crippen LogP contribution in [0.5, 0.6) is 0 Å². The fraction of sp³-hybridized carbons (Fsp3) is 0.408. The number of ketones is 3. The van der Waals surface area contributed by atoms with Crippen molar-refractivity contribution in [1.82, 2.24) is 15.0 Å². The number of Topliss-reactive ketones (excluding diaryl/α,β-unsaturated/α-hetero) is 3. The average Bonchev–Trinajstić information content (AvgIpc) is 0.844. The minimum Gasteiger partial charge on any atom is -0.399 e. The Labute approximate surface area is 576 Å². The highest BCUT2D eigenvalue weighted by Gasteiger charge is 2.35. The predicted molar refractivity (Wildman–Crippen MR) is 386 cm³/mol. The number of primary amides is 1. The third-order valence-electron chi connectivity index (χ3n) is 16.5. The molecular weight excluding hydrogens is 1360 g/mol. The Bertz CT molecular complexity index is 3840. The van der Waals surface area contributed by atoms with Crippen LogP contribution in [0, 0.1) is 60.3 Å². The zero-order chi connectivity index (χ0) is 68.4. The number of amides is 1. The second-order valence-corrected chi connectivity index (χ2v) is 30.3. The molecule has 1 saturated carbocycles. The number of hydrogen-bond acceptors (Lipinski definition) is 12. The van der Waals surface area contributed by atoms with E-state index < -0.39 is 0 Å². The van der Waals surface area contributed by atoms with Crippen molar-refractivity contribution in [2.75, 3.05) is 30.1 Å². The molecule has 3 heterocycles. The van der Waals surface area contributed by atoms with Gasteiger partial charge in [0, 0.05) is 105 Å². The van der Waals surface area contributed by atoms with Gasteiger partial charge in [-0.1, -0.05) is 123 Å². The highest BCUT2D eigenvalue weighted by molar-refractivity contribution is 9.11. The number of methoxy groups -OCH3 is 1. The molecule has 17 heteroatoms. The Morgan fingerprint density at radius 2 is 1.17 bits per heavy atom. The number of fused-ring (bicyclic) bond motifs is 3. The lowest BCUT2D eigenvalue weighted by Crippen LogP contribution is -2.30. The maximum Gasteiger partial charge on any atom is 0.248 e. The molecular formula is C76H90Br3N9O5. The highest BCUT2D eigenvalue weighted by atomic mass is 79.9. The van der Waals surface area contributed by atoms with Crippen molar-refractivity contribution >= 4 is 93.8 Å². The van der Waals surface area contributed by atoms with Gasteiger partial charge in [-0.25, -0.2) is 4.85 Å². The number of hydrogen-bond donors (Lipinski definition) is 4. The largest absolute Gasteiger partial charge is 0.399 e. The van der Waals surface area contributed by atoms with Crippen LogP contribution in [0.1, 0.15) is 196 Å². The summed E-state index contributed by atoms with van der Waals surface area (Å²) < 4.78 is 7.93. The number of pyridine rings is 3. The van der Waals surface area contributed by atoms with Crippen LogP contribution in [0.4, 0.5) is 22.7 Å². The number of anilines is 3. The Balaban J connectivity index is 0.000000187. The van der Waals surface area contributed by atoms with E-state index in [1.54, 1.807) is 31.5 Å². The fourth-order valence-electron chi connectivity index (χ4n) is 12.4. The number of carbonyl (C=O) groups excluding carboxylic acids is 4. The Kier molecular flexibility index (Phi) is 27.0. The van der Waals surface area contributed by atoms with E-state index in [0.717, 1.165) is 95.1 Å². The van der Waals surface area contributed by atoms with Crippen molar-refractivity contribution in [3.8, 4) is 6.07 Å². The molecule has 11 rings (SSSR count). The molecule has 0 aliphatic heterocycles. The molecule has 6 N–H and O–H groups in total. The maximum absolute atomic E-state index is 11.8. The van der Waals surface area contributed by atoms with Gasteiger partial charge in [-0.15, -0.1) is 0 Å². The van der Waals surface area contributed by atoms with Gasteiger partial charge in [-0.3, -0.25) is 34.1 Å². The molecule has 2 atom stereocenters. The molecule has 0 spiro atoms. The first-order valence-electron chi connectivity index (χ1n) is 31.5. The quantitative estimate of drug-likeness (QED) is 0.0435. The van der Waals surface area contributed by atoms with E-state index >= 15 is 0 Å². The van der Waals surface area contributed by atoms with E-state index in [1.165, 1.54) is 43.7 Å². The first-order valence-corrected chi connectivity index (χ1v) is 33.9. The number of nitrogens with zero attached hydrogens (tertiary/aromatic N) is 5. The van der Waals surface area contributed by atoms with Gasteiger partial charge in [0.05, 0.1) is 36.3 Å². The zero-order valence-corrected chi connectivity index (χ0v) is 60.7. The summed E-state index contributed by atoms with van der Waals surface area (Å²) in [7, 11) is 1.71. The number of carbonyl (C=O) groups is 4. The van der Waals surface area contributed by atoms with Gasteiger partial charge >= 0.3 is 0 Å². The maximum atomic E-state index is 11.8.